The molecule has 24 heavy (non-hydrogen) atoms. The van der Waals surface area contributed by atoms with Crippen molar-refractivity contribution < 1.29 is 9.59 Å². The van der Waals surface area contributed by atoms with E-state index in [0.717, 1.165) is 6.42 Å². The van der Waals surface area contributed by atoms with E-state index in [1.807, 2.05) is 13.8 Å². The van der Waals surface area contributed by atoms with E-state index in [1.165, 1.54) is 0 Å². The minimum atomic E-state index is -0.392. The summed E-state index contributed by atoms with van der Waals surface area (Å²) in [6.07, 6.45) is 0.854. The van der Waals surface area contributed by atoms with Crippen LogP contribution in [0.4, 0.5) is 16.2 Å². The Kier molecular flexibility index (Phi) is 6.21. The fraction of sp³-hybridized carbons (Fsp3) is 0.222. The zero-order valence-electron chi connectivity index (χ0n) is 13.6. The fourth-order valence-corrected chi connectivity index (χ4v) is 2.10. The van der Waals surface area contributed by atoms with Crippen molar-refractivity contribution in [2.75, 3.05) is 10.6 Å². The molecule has 5 nitrogen and oxygen atoms in total. The van der Waals surface area contributed by atoms with Crippen LogP contribution in [0.3, 0.4) is 0 Å². The number of rotatable bonds is 5. The predicted molar refractivity (Wildman–Crippen MR) is 97.8 cm³/mol. The van der Waals surface area contributed by atoms with Crippen molar-refractivity contribution in [3.63, 3.8) is 0 Å². The Balaban J connectivity index is 1.99. The van der Waals surface area contributed by atoms with Gasteiger partial charge in [-0.2, -0.15) is 0 Å². The Morgan fingerprint density at radius 1 is 1.04 bits per heavy atom. The van der Waals surface area contributed by atoms with Crippen molar-refractivity contribution in [1.82, 2.24) is 5.32 Å². The van der Waals surface area contributed by atoms with E-state index in [0.29, 0.717) is 22.0 Å². The second-order valence-electron chi connectivity index (χ2n) is 5.45. The first-order valence-electron chi connectivity index (χ1n) is 7.72. The SMILES string of the molecule is CC[C@H](C)NC(=O)c1cccc(NC(=O)Nc2ccc(Cl)cc2)c1. The number of halogens is 1. The summed E-state index contributed by atoms with van der Waals surface area (Å²) in [4.78, 5) is 24.1. The van der Waals surface area contributed by atoms with Crippen molar-refractivity contribution in [2.24, 2.45) is 0 Å². The van der Waals surface area contributed by atoms with Gasteiger partial charge in [0.2, 0.25) is 0 Å². The molecule has 2 aromatic carbocycles. The maximum absolute atomic E-state index is 12.1. The second kappa shape index (κ2) is 8.36. The Hall–Kier alpha value is -2.53. The van der Waals surface area contributed by atoms with Crippen LogP contribution in [-0.2, 0) is 0 Å². The number of hydrogen-bond acceptors (Lipinski definition) is 2. The molecule has 2 rings (SSSR count). The molecule has 0 aromatic heterocycles. The van der Waals surface area contributed by atoms with Crippen molar-refractivity contribution >= 4 is 34.9 Å². The standard InChI is InChI=1S/C18H20ClN3O2/c1-3-12(2)20-17(23)13-5-4-6-16(11-13)22-18(24)21-15-9-7-14(19)8-10-15/h4-12H,3H2,1-2H3,(H,20,23)(H2,21,22,24)/t12-/m0/s1. The average Bonchev–Trinajstić information content (AvgIpc) is 2.57. The van der Waals surface area contributed by atoms with Crippen LogP contribution in [0.25, 0.3) is 0 Å². The van der Waals surface area contributed by atoms with Gasteiger partial charge in [0.15, 0.2) is 0 Å². The maximum atomic E-state index is 12.1. The normalized spacial score (nSPS) is 11.5. The molecule has 126 valence electrons. The van der Waals surface area contributed by atoms with Gasteiger partial charge in [0.05, 0.1) is 0 Å². The Morgan fingerprint density at radius 2 is 1.71 bits per heavy atom. The summed E-state index contributed by atoms with van der Waals surface area (Å²) >= 11 is 5.81. The van der Waals surface area contributed by atoms with Gasteiger partial charge >= 0.3 is 6.03 Å². The minimum absolute atomic E-state index is 0.0994. The van der Waals surface area contributed by atoms with Crippen LogP contribution < -0.4 is 16.0 Å². The number of urea groups is 1. The molecule has 0 saturated carbocycles. The lowest BCUT2D eigenvalue weighted by molar-refractivity contribution is 0.0939. The molecular formula is C18H20ClN3O2. The molecule has 0 aliphatic heterocycles. The lowest BCUT2D eigenvalue weighted by atomic mass is 10.1. The third-order valence-electron chi connectivity index (χ3n) is 3.47. The summed E-state index contributed by atoms with van der Waals surface area (Å²) in [5, 5.41) is 8.89. The first kappa shape index (κ1) is 17.8. The molecule has 3 N–H and O–H groups in total. The topological polar surface area (TPSA) is 70.2 Å². The van der Waals surface area contributed by atoms with Crippen LogP contribution >= 0.6 is 11.6 Å². The number of nitrogens with one attached hydrogen (secondary N) is 3. The zero-order valence-corrected chi connectivity index (χ0v) is 14.4. The highest BCUT2D eigenvalue weighted by Gasteiger charge is 2.10. The van der Waals surface area contributed by atoms with E-state index >= 15 is 0 Å². The Bertz CT molecular complexity index is 716. The summed E-state index contributed by atoms with van der Waals surface area (Å²) in [6.45, 7) is 3.95. The summed E-state index contributed by atoms with van der Waals surface area (Å²) in [6, 6.07) is 13.3. The molecule has 1 atom stereocenters. The molecule has 0 radical (unpaired) electrons. The fourth-order valence-electron chi connectivity index (χ4n) is 1.97. The quantitative estimate of drug-likeness (QED) is 0.746. The van der Waals surface area contributed by atoms with Crippen LogP contribution in [-0.4, -0.2) is 18.0 Å². The first-order chi connectivity index (χ1) is 11.5. The number of benzene rings is 2. The molecule has 0 saturated heterocycles. The smallest absolute Gasteiger partial charge is 0.323 e. The maximum Gasteiger partial charge on any atom is 0.323 e. The van der Waals surface area contributed by atoms with Gasteiger partial charge in [0, 0.05) is 28.0 Å². The molecular weight excluding hydrogens is 326 g/mol. The van der Waals surface area contributed by atoms with Crippen LogP contribution in [0, 0.1) is 0 Å². The van der Waals surface area contributed by atoms with Gasteiger partial charge in [-0.1, -0.05) is 24.6 Å². The van der Waals surface area contributed by atoms with Crippen molar-refractivity contribution in [2.45, 2.75) is 26.3 Å². The lowest BCUT2D eigenvalue weighted by Gasteiger charge is -2.12. The van der Waals surface area contributed by atoms with E-state index in [-0.39, 0.29) is 11.9 Å². The molecule has 6 heteroatoms. The number of hydrogen-bond donors (Lipinski definition) is 3. The van der Waals surface area contributed by atoms with Gasteiger partial charge < -0.3 is 16.0 Å². The molecule has 0 aliphatic rings. The minimum Gasteiger partial charge on any atom is -0.350 e. The number of anilines is 2. The van der Waals surface area contributed by atoms with Crippen LogP contribution in [0.15, 0.2) is 48.5 Å². The molecule has 0 bridgehead atoms. The molecule has 3 amide bonds. The van der Waals surface area contributed by atoms with Crippen molar-refractivity contribution in [1.29, 1.82) is 0 Å². The molecule has 0 fully saturated rings. The van der Waals surface area contributed by atoms with Crippen LogP contribution in [0.1, 0.15) is 30.6 Å². The van der Waals surface area contributed by atoms with Crippen molar-refractivity contribution in [3.05, 3.63) is 59.1 Å². The molecule has 0 spiro atoms. The zero-order chi connectivity index (χ0) is 17.5. The predicted octanol–water partition coefficient (Wildman–Crippen LogP) is 4.51. The summed E-state index contributed by atoms with van der Waals surface area (Å²) in [5.74, 6) is -0.161. The molecule has 2 aromatic rings. The number of carbonyl (C=O) groups is 2. The number of carbonyl (C=O) groups excluding carboxylic acids is 2. The highest BCUT2D eigenvalue weighted by atomic mass is 35.5. The molecule has 0 aliphatic carbocycles. The van der Waals surface area contributed by atoms with E-state index in [2.05, 4.69) is 16.0 Å². The summed E-state index contributed by atoms with van der Waals surface area (Å²) < 4.78 is 0. The van der Waals surface area contributed by atoms with Gasteiger partial charge in [-0.25, -0.2) is 4.79 Å². The lowest BCUT2D eigenvalue weighted by Crippen LogP contribution is -2.32. The summed E-state index contributed by atoms with van der Waals surface area (Å²) in [5.41, 5.74) is 1.67. The van der Waals surface area contributed by atoms with E-state index in [9.17, 15) is 9.59 Å². The third kappa shape index (κ3) is 5.28. The average molecular weight is 346 g/mol. The molecule has 0 heterocycles. The Labute approximate surface area is 146 Å². The van der Waals surface area contributed by atoms with E-state index in [1.54, 1.807) is 48.5 Å². The highest BCUT2D eigenvalue weighted by molar-refractivity contribution is 6.30. The van der Waals surface area contributed by atoms with Gasteiger partial charge in [-0.15, -0.1) is 0 Å². The van der Waals surface area contributed by atoms with Crippen LogP contribution in [0.5, 0.6) is 0 Å². The third-order valence-corrected chi connectivity index (χ3v) is 3.73. The van der Waals surface area contributed by atoms with Gasteiger partial charge in [-0.05, 0) is 55.8 Å². The monoisotopic (exact) mass is 345 g/mol. The second-order valence-corrected chi connectivity index (χ2v) is 5.89. The number of amides is 3. The Morgan fingerprint density at radius 3 is 2.38 bits per heavy atom. The van der Waals surface area contributed by atoms with Gasteiger partial charge in [0.1, 0.15) is 0 Å². The van der Waals surface area contributed by atoms with E-state index in [4.69, 9.17) is 11.6 Å². The summed E-state index contributed by atoms with van der Waals surface area (Å²) in [7, 11) is 0. The first-order valence-corrected chi connectivity index (χ1v) is 8.10. The largest absolute Gasteiger partial charge is 0.350 e. The van der Waals surface area contributed by atoms with Crippen LogP contribution in [0.2, 0.25) is 5.02 Å². The van der Waals surface area contributed by atoms with Crippen molar-refractivity contribution in [3.8, 4) is 0 Å². The van der Waals surface area contributed by atoms with Gasteiger partial charge in [-0.3, -0.25) is 4.79 Å². The van der Waals surface area contributed by atoms with E-state index < -0.39 is 6.03 Å². The highest BCUT2D eigenvalue weighted by Crippen LogP contribution is 2.15. The molecule has 0 unspecified atom stereocenters. The van der Waals surface area contributed by atoms with Gasteiger partial charge in [0.25, 0.3) is 5.91 Å².